The lowest BCUT2D eigenvalue weighted by atomic mass is 10.2. The number of likely N-dealkylation sites (tertiary alicyclic amines) is 1. The van der Waals surface area contributed by atoms with Gasteiger partial charge in [-0.25, -0.2) is 4.98 Å². The second-order valence-electron chi connectivity index (χ2n) is 7.59. The standard InChI is InChI=1S/C21H29N3OS/c1-15-5-4-13-24(15)14-11-16(2)25-18-9-7-17(8-10-18)21-23-20-19(26-21)6-3-12-22-20/h7-10,15-16,22H,3-6,11-14H2,1-2H3. The molecule has 2 unspecified atom stereocenters. The molecule has 1 fully saturated rings. The monoisotopic (exact) mass is 371 g/mol. The molecule has 1 aromatic carbocycles. The van der Waals surface area contributed by atoms with E-state index in [1.54, 1.807) is 0 Å². The number of fused-ring (bicyclic) bond motifs is 1. The molecule has 1 N–H and O–H groups in total. The Hall–Kier alpha value is -1.59. The molecule has 4 nitrogen and oxygen atoms in total. The fourth-order valence-electron chi connectivity index (χ4n) is 3.88. The highest BCUT2D eigenvalue weighted by Gasteiger charge is 2.20. The SMILES string of the molecule is CC(CCN1CCCC1C)Oc1ccc(-c2nc3c(s2)CCCN3)cc1. The summed E-state index contributed by atoms with van der Waals surface area (Å²) in [5.41, 5.74) is 1.18. The molecule has 0 saturated carbocycles. The van der Waals surface area contributed by atoms with Crippen LogP contribution < -0.4 is 10.1 Å². The van der Waals surface area contributed by atoms with Gasteiger partial charge < -0.3 is 15.0 Å². The predicted octanol–water partition coefficient (Wildman–Crippen LogP) is 4.81. The average molecular weight is 372 g/mol. The molecule has 2 aliphatic heterocycles. The minimum absolute atomic E-state index is 0.241. The molecule has 2 atom stereocenters. The van der Waals surface area contributed by atoms with E-state index >= 15 is 0 Å². The van der Waals surface area contributed by atoms with E-state index in [2.05, 4.69) is 48.3 Å². The summed E-state index contributed by atoms with van der Waals surface area (Å²) >= 11 is 1.81. The highest BCUT2D eigenvalue weighted by molar-refractivity contribution is 7.15. The van der Waals surface area contributed by atoms with Crippen molar-refractivity contribution in [3.05, 3.63) is 29.1 Å². The number of anilines is 1. The van der Waals surface area contributed by atoms with E-state index in [1.807, 2.05) is 11.3 Å². The fourth-order valence-corrected chi connectivity index (χ4v) is 4.96. The zero-order valence-corrected chi connectivity index (χ0v) is 16.6. The maximum Gasteiger partial charge on any atom is 0.140 e. The average Bonchev–Trinajstić information content (AvgIpc) is 3.26. The van der Waals surface area contributed by atoms with Gasteiger partial charge in [-0.15, -0.1) is 11.3 Å². The number of hydrogen-bond donors (Lipinski definition) is 1. The third kappa shape index (κ3) is 4.04. The molecule has 5 heteroatoms. The summed E-state index contributed by atoms with van der Waals surface area (Å²) < 4.78 is 6.13. The van der Waals surface area contributed by atoms with E-state index in [0.29, 0.717) is 0 Å². The number of ether oxygens (including phenoxy) is 1. The van der Waals surface area contributed by atoms with Crippen LogP contribution in [0.4, 0.5) is 5.82 Å². The van der Waals surface area contributed by atoms with Gasteiger partial charge in [-0.1, -0.05) is 0 Å². The van der Waals surface area contributed by atoms with Crippen LogP contribution in [0.3, 0.4) is 0 Å². The minimum atomic E-state index is 0.241. The maximum atomic E-state index is 6.13. The van der Waals surface area contributed by atoms with Crippen LogP contribution in [0.1, 0.15) is 44.4 Å². The molecule has 0 bridgehead atoms. The second-order valence-corrected chi connectivity index (χ2v) is 8.67. The maximum absolute atomic E-state index is 6.13. The van der Waals surface area contributed by atoms with Crippen molar-refractivity contribution in [2.45, 2.75) is 58.1 Å². The summed E-state index contributed by atoms with van der Waals surface area (Å²) in [5, 5.41) is 4.50. The molecular formula is C21H29N3OS. The van der Waals surface area contributed by atoms with Gasteiger partial charge in [-0.2, -0.15) is 0 Å². The largest absolute Gasteiger partial charge is 0.491 e. The predicted molar refractivity (Wildman–Crippen MR) is 109 cm³/mol. The van der Waals surface area contributed by atoms with Gasteiger partial charge in [-0.3, -0.25) is 0 Å². The Balaban J connectivity index is 1.33. The number of rotatable bonds is 6. The molecule has 1 saturated heterocycles. The van der Waals surface area contributed by atoms with Crippen molar-refractivity contribution in [3.8, 4) is 16.3 Å². The number of thiazole rings is 1. The number of nitrogens with zero attached hydrogens (tertiary/aromatic N) is 2. The summed E-state index contributed by atoms with van der Waals surface area (Å²) in [4.78, 5) is 8.72. The van der Waals surface area contributed by atoms with Gasteiger partial charge in [0.2, 0.25) is 0 Å². The van der Waals surface area contributed by atoms with Gasteiger partial charge in [0.1, 0.15) is 16.6 Å². The summed E-state index contributed by atoms with van der Waals surface area (Å²) in [6.45, 7) is 7.93. The molecule has 4 rings (SSSR count). The molecule has 140 valence electrons. The number of aryl methyl sites for hydroxylation is 1. The topological polar surface area (TPSA) is 37.4 Å². The number of nitrogens with one attached hydrogen (secondary N) is 1. The van der Waals surface area contributed by atoms with Crippen LogP contribution in [-0.4, -0.2) is 41.7 Å². The third-order valence-corrected chi connectivity index (χ3v) is 6.69. The molecule has 3 heterocycles. The summed E-state index contributed by atoms with van der Waals surface area (Å²) in [7, 11) is 0. The lowest BCUT2D eigenvalue weighted by molar-refractivity contribution is 0.173. The first-order chi connectivity index (χ1) is 12.7. The first-order valence-corrected chi connectivity index (χ1v) is 10.8. The van der Waals surface area contributed by atoms with Crippen molar-refractivity contribution in [1.29, 1.82) is 0 Å². The Morgan fingerprint density at radius 1 is 1.31 bits per heavy atom. The van der Waals surface area contributed by atoms with Crippen LogP contribution >= 0.6 is 11.3 Å². The summed E-state index contributed by atoms with van der Waals surface area (Å²) in [5.74, 6) is 2.04. The summed E-state index contributed by atoms with van der Waals surface area (Å²) in [6.07, 6.45) is 6.35. The Kier molecular flexibility index (Phi) is 5.46. The zero-order valence-electron chi connectivity index (χ0n) is 15.8. The molecule has 0 radical (unpaired) electrons. The highest BCUT2D eigenvalue weighted by Crippen LogP contribution is 2.34. The smallest absolute Gasteiger partial charge is 0.140 e. The van der Waals surface area contributed by atoms with E-state index in [-0.39, 0.29) is 6.10 Å². The van der Waals surface area contributed by atoms with Crippen molar-refractivity contribution in [3.63, 3.8) is 0 Å². The van der Waals surface area contributed by atoms with Gasteiger partial charge in [0.25, 0.3) is 0 Å². The highest BCUT2D eigenvalue weighted by atomic mass is 32.1. The molecule has 2 aromatic rings. The molecular weight excluding hydrogens is 342 g/mol. The van der Waals surface area contributed by atoms with Crippen LogP contribution in [0.2, 0.25) is 0 Å². The molecule has 0 amide bonds. The van der Waals surface area contributed by atoms with Crippen LogP contribution in [0.15, 0.2) is 24.3 Å². The normalized spacial score (nSPS) is 21.2. The zero-order chi connectivity index (χ0) is 17.9. The third-order valence-electron chi connectivity index (χ3n) is 5.52. The Labute approximate surface area is 160 Å². The van der Waals surface area contributed by atoms with Gasteiger partial charge >= 0.3 is 0 Å². The van der Waals surface area contributed by atoms with E-state index in [1.165, 1.54) is 36.2 Å². The minimum Gasteiger partial charge on any atom is -0.491 e. The molecule has 26 heavy (non-hydrogen) atoms. The first kappa shape index (κ1) is 17.8. The number of hydrogen-bond acceptors (Lipinski definition) is 5. The van der Waals surface area contributed by atoms with Crippen molar-refractivity contribution in [2.24, 2.45) is 0 Å². The fraction of sp³-hybridized carbons (Fsp3) is 0.571. The first-order valence-electron chi connectivity index (χ1n) is 9.94. The Morgan fingerprint density at radius 3 is 2.88 bits per heavy atom. The van der Waals surface area contributed by atoms with Gasteiger partial charge in [0, 0.05) is 29.6 Å². The number of benzene rings is 1. The molecule has 1 aromatic heterocycles. The Bertz CT molecular complexity index is 704. The van der Waals surface area contributed by atoms with Gasteiger partial charge in [0.05, 0.1) is 6.10 Å². The van der Waals surface area contributed by atoms with Gasteiger partial charge in [0.15, 0.2) is 0 Å². The van der Waals surface area contributed by atoms with Crippen molar-refractivity contribution >= 4 is 17.2 Å². The van der Waals surface area contributed by atoms with E-state index < -0.39 is 0 Å². The molecule has 0 aliphatic carbocycles. The van der Waals surface area contributed by atoms with Crippen LogP contribution in [-0.2, 0) is 6.42 Å². The van der Waals surface area contributed by atoms with Crippen LogP contribution in [0, 0.1) is 0 Å². The Morgan fingerprint density at radius 2 is 2.15 bits per heavy atom. The quantitative estimate of drug-likeness (QED) is 0.791. The lowest BCUT2D eigenvalue weighted by Crippen LogP contribution is -2.30. The van der Waals surface area contributed by atoms with E-state index in [0.717, 1.165) is 48.5 Å². The molecule has 0 spiro atoms. The van der Waals surface area contributed by atoms with Crippen LogP contribution in [0.25, 0.3) is 10.6 Å². The van der Waals surface area contributed by atoms with Crippen molar-refractivity contribution < 1.29 is 4.74 Å². The van der Waals surface area contributed by atoms with Crippen molar-refractivity contribution in [2.75, 3.05) is 25.0 Å². The van der Waals surface area contributed by atoms with Crippen molar-refractivity contribution in [1.82, 2.24) is 9.88 Å². The molecule has 2 aliphatic rings. The lowest BCUT2D eigenvalue weighted by Gasteiger charge is -2.23. The second kappa shape index (κ2) is 7.97. The van der Waals surface area contributed by atoms with Gasteiger partial charge in [-0.05, 0) is 76.8 Å². The summed E-state index contributed by atoms with van der Waals surface area (Å²) in [6, 6.07) is 9.17. The number of aromatic nitrogens is 1. The van der Waals surface area contributed by atoms with Crippen LogP contribution in [0.5, 0.6) is 5.75 Å². The van der Waals surface area contributed by atoms with E-state index in [4.69, 9.17) is 9.72 Å². The van der Waals surface area contributed by atoms with E-state index in [9.17, 15) is 0 Å².